The van der Waals surface area contributed by atoms with Crippen molar-refractivity contribution < 1.29 is 9.53 Å². The first-order valence-electron chi connectivity index (χ1n) is 9.64. The van der Waals surface area contributed by atoms with Crippen LogP contribution in [0.15, 0.2) is 36.4 Å². The Balaban J connectivity index is 1.52. The molecular weight excluding hydrogens is 326 g/mol. The van der Waals surface area contributed by atoms with Gasteiger partial charge in [0.25, 0.3) is 5.91 Å². The number of H-pyrrole nitrogens is 1. The molecule has 1 N–H and O–H groups in total. The fourth-order valence-electron chi connectivity index (χ4n) is 3.71. The summed E-state index contributed by atoms with van der Waals surface area (Å²) in [6.07, 6.45) is 3.38. The normalized spacial score (nSPS) is 23.4. The number of hydrogen-bond donors (Lipinski definition) is 1. The molecule has 2 aliphatic rings. The Hall–Kier alpha value is -2.14. The molecule has 4 rings (SSSR count). The lowest BCUT2D eigenvalue weighted by Crippen LogP contribution is -2.47. The molecule has 1 saturated carbocycles. The Kier molecular flexibility index (Phi) is 4.81. The average Bonchev–Trinajstić information content (AvgIpc) is 3.41. The van der Waals surface area contributed by atoms with Crippen molar-refractivity contribution in [2.75, 3.05) is 13.1 Å². The van der Waals surface area contributed by atoms with E-state index in [4.69, 9.17) is 4.74 Å². The van der Waals surface area contributed by atoms with Crippen LogP contribution in [0.4, 0.5) is 0 Å². The van der Waals surface area contributed by atoms with Gasteiger partial charge in [0.1, 0.15) is 11.8 Å². The van der Waals surface area contributed by atoms with Crippen LogP contribution in [-0.4, -0.2) is 40.2 Å². The van der Waals surface area contributed by atoms with Crippen LogP contribution >= 0.6 is 0 Å². The van der Waals surface area contributed by atoms with Gasteiger partial charge in [-0.2, -0.15) is 5.10 Å². The highest BCUT2D eigenvalue weighted by molar-refractivity contribution is 5.92. The van der Waals surface area contributed by atoms with Crippen LogP contribution in [0, 0.1) is 11.8 Å². The van der Waals surface area contributed by atoms with Crippen LogP contribution in [-0.2, 0) is 11.2 Å². The number of nitrogens with one attached hydrogen (secondary N) is 1. The number of nitrogens with zero attached hydrogens (tertiary/aromatic N) is 2. The van der Waals surface area contributed by atoms with Crippen LogP contribution in [0.2, 0.25) is 0 Å². The summed E-state index contributed by atoms with van der Waals surface area (Å²) >= 11 is 0. The molecule has 0 bridgehead atoms. The average molecular weight is 353 g/mol. The molecule has 138 valence electrons. The van der Waals surface area contributed by atoms with Gasteiger partial charge < -0.3 is 9.64 Å². The molecule has 5 nitrogen and oxygen atoms in total. The molecule has 1 saturated heterocycles. The molecule has 2 aromatic rings. The summed E-state index contributed by atoms with van der Waals surface area (Å²) in [5.74, 6) is 1.13. The first-order chi connectivity index (χ1) is 12.6. The second-order valence-corrected chi connectivity index (χ2v) is 8.00. The predicted octanol–water partition coefficient (Wildman–Crippen LogP) is 3.60. The highest BCUT2D eigenvalue weighted by Gasteiger charge is 2.40. The molecule has 26 heavy (non-hydrogen) atoms. The molecule has 1 aliphatic carbocycles. The van der Waals surface area contributed by atoms with E-state index < -0.39 is 0 Å². The van der Waals surface area contributed by atoms with Crippen molar-refractivity contribution >= 4 is 5.91 Å². The van der Waals surface area contributed by atoms with E-state index in [0.29, 0.717) is 30.6 Å². The Morgan fingerprint density at radius 2 is 2.04 bits per heavy atom. The monoisotopic (exact) mass is 353 g/mol. The quantitative estimate of drug-likeness (QED) is 0.893. The Morgan fingerprint density at radius 1 is 1.27 bits per heavy atom. The van der Waals surface area contributed by atoms with Gasteiger partial charge in [-0.1, -0.05) is 44.2 Å². The molecule has 1 aromatic heterocycles. The summed E-state index contributed by atoms with van der Waals surface area (Å²) < 4.78 is 6.35. The summed E-state index contributed by atoms with van der Waals surface area (Å²) in [5.41, 5.74) is 2.68. The molecule has 2 fully saturated rings. The summed E-state index contributed by atoms with van der Waals surface area (Å²) in [5, 5.41) is 7.29. The van der Waals surface area contributed by atoms with E-state index >= 15 is 0 Å². The van der Waals surface area contributed by atoms with Crippen molar-refractivity contribution in [2.45, 2.75) is 45.3 Å². The van der Waals surface area contributed by atoms with Gasteiger partial charge in [-0.15, -0.1) is 0 Å². The van der Waals surface area contributed by atoms with Crippen LogP contribution in [0.25, 0.3) is 0 Å². The van der Waals surface area contributed by atoms with E-state index in [1.165, 1.54) is 12.8 Å². The van der Waals surface area contributed by atoms with Gasteiger partial charge in [0, 0.05) is 12.2 Å². The molecule has 1 aliphatic heterocycles. The van der Waals surface area contributed by atoms with Crippen LogP contribution in [0.5, 0.6) is 0 Å². The highest BCUT2D eigenvalue weighted by Crippen LogP contribution is 2.39. The summed E-state index contributed by atoms with van der Waals surface area (Å²) in [7, 11) is 0. The van der Waals surface area contributed by atoms with E-state index in [-0.39, 0.29) is 18.1 Å². The maximum absolute atomic E-state index is 13.1. The van der Waals surface area contributed by atoms with Crippen molar-refractivity contribution in [3.63, 3.8) is 0 Å². The first-order valence-corrected chi connectivity index (χ1v) is 9.64. The first kappa shape index (κ1) is 17.3. The van der Waals surface area contributed by atoms with Gasteiger partial charge in [0.05, 0.1) is 12.6 Å². The van der Waals surface area contributed by atoms with E-state index in [2.05, 4.69) is 36.2 Å². The molecule has 0 radical (unpaired) electrons. The Morgan fingerprint density at radius 3 is 2.73 bits per heavy atom. The fourth-order valence-corrected chi connectivity index (χ4v) is 3.71. The van der Waals surface area contributed by atoms with Gasteiger partial charge in [0.15, 0.2) is 0 Å². The van der Waals surface area contributed by atoms with Crippen LogP contribution < -0.4 is 0 Å². The Bertz CT molecular complexity index is 752. The van der Waals surface area contributed by atoms with Crippen molar-refractivity contribution in [3.8, 4) is 0 Å². The zero-order valence-corrected chi connectivity index (χ0v) is 15.5. The third-order valence-corrected chi connectivity index (χ3v) is 5.21. The zero-order valence-electron chi connectivity index (χ0n) is 15.5. The number of hydrogen-bond acceptors (Lipinski definition) is 3. The number of amides is 1. The van der Waals surface area contributed by atoms with E-state index in [1.807, 2.05) is 29.2 Å². The minimum absolute atomic E-state index is 0.00568. The molecule has 1 aromatic carbocycles. The molecule has 2 heterocycles. The van der Waals surface area contributed by atoms with Crippen molar-refractivity contribution in [1.29, 1.82) is 0 Å². The minimum Gasteiger partial charge on any atom is -0.366 e. The molecule has 5 heteroatoms. The second kappa shape index (κ2) is 7.23. The van der Waals surface area contributed by atoms with E-state index in [0.717, 1.165) is 17.7 Å². The number of ether oxygens (including phenoxy) is 1. The molecule has 2 unspecified atom stereocenters. The van der Waals surface area contributed by atoms with Crippen LogP contribution in [0.1, 0.15) is 54.5 Å². The summed E-state index contributed by atoms with van der Waals surface area (Å²) in [6, 6.07) is 12.1. The number of morpholine rings is 1. The number of aromatic amines is 1. The van der Waals surface area contributed by atoms with Gasteiger partial charge in [0.2, 0.25) is 0 Å². The largest absolute Gasteiger partial charge is 0.366 e. The third kappa shape index (κ3) is 3.83. The molecular formula is C21H27N3O2. The number of rotatable bonds is 5. The highest BCUT2D eigenvalue weighted by atomic mass is 16.5. The summed E-state index contributed by atoms with van der Waals surface area (Å²) in [6.45, 7) is 5.57. The Labute approximate surface area is 154 Å². The SMILES string of the molecule is CC(C)Cc1cc(C(=O)N2CC(c3ccccc3)OC(C3CC3)C2)n[nH]1. The topological polar surface area (TPSA) is 58.2 Å². The van der Waals surface area contributed by atoms with Crippen molar-refractivity contribution in [2.24, 2.45) is 11.8 Å². The standard InChI is InChI=1S/C21H27N3O2/c1-14(2)10-17-11-18(23-22-17)21(25)24-12-19(15-6-4-3-5-7-15)26-20(13-24)16-8-9-16/h3-7,11,14,16,19-20H,8-10,12-13H2,1-2H3,(H,22,23). The lowest BCUT2D eigenvalue weighted by molar-refractivity contribution is -0.0865. The van der Waals surface area contributed by atoms with Crippen molar-refractivity contribution in [3.05, 3.63) is 53.3 Å². The minimum atomic E-state index is -0.0615. The smallest absolute Gasteiger partial charge is 0.274 e. The van der Waals surface area contributed by atoms with E-state index in [1.54, 1.807) is 0 Å². The van der Waals surface area contributed by atoms with Crippen LogP contribution in [0.3, 0.4) is 0 Å². The predicted molar refractivity (Wildman–Crippen MR) is 99.8 cm³/mol. The molecule has 1 amide bonds. The van der Waals surface area contributed by atoms with Gasteiger partial charge in [-0.3, -0.25) is 9.89 Å². The number of aromatic nitrogens is 2. The lowest BCUT2D eigenvalue weighted by Gasteiger charge is -2.38. The maximum atomic E-state index is 13.1. The van der Waals surface area contributed by atoms with Gasteiger partial charge >= 0.3 is 0 Å². The second-order valence-electron chi connectivity index (χ2n) is 8.00. The van der Waals surface area contributed by atoms with E-state index in [9.17, 15) is 4.79 Å². The molecule has 0 spiro atoms. The number of carbonyl (C=O) groups excluding carboxylic acids is 1. The zero-order chi connectivity index (χ0) is 18.1. The number of carbonyl (C=O) groups is 1. The maximum Gasteiger partial charge on any atom is 0.274 e. The van der Waals surface area contributed by atoms with Gasteiger partial charge in [-0.25, -0.2) is 0 Å². The summed E-state index contributed by atoms with van der Waals surface area (Å²) in [4.78, 5) is 15.0. The molecule has 2 atom stereocenters. The third-order valence-electron chi connectivity index (χ3n) is 5.21. The van der Waals surface area contributed by atoms with Gasteiger partial charge in [-0.05, 0) is 42.7 Å². The fraction of sp³-hybridized carbons (Fsp3) is 0.524. The van der Waals surface area contributed by atoms with Crippen molar-refractivity contribution in [1.82, 2.24) is 15.1 Å². The number of benzene rings is 1. The lowest BCUT2D eigenvalue weighted by atomic mass is 10.0.